The summed E-state index contributed by atoms with van der Waals surface area (Å²) in [6.07, 6.45) is 0. The van der Waals surface area contributed by atoms with Gasteiger partial charge in [0.2, 0.25) is 0 Å². The fourth-order valence-electron chi connectivity index (χ4n) is 0.966. The third-order valence-corrected chi connectivity index (χ3v) is 3.71. The van der Waals surface area contributed by atoms with Crippen LogP contribution in [0.5, 0.6) is 0 Å². The van der Waals surface area contributed by atoms with Gasteiger partial charge in [-0.1, -0.05) is 27.4 Å². The Morgan fingerprint density at radius 1 is 1.43 bits per heavy atom. The summed E-state index contributed by atoms with van der Waals surface area (Å²) >= 11 is 12.7. The van der Waals surface area contributed by atoms with Crippen molar-refractivity contribution in [2.24, 2.45) is 0 Å². The first-order valence-electron chi connectivity index (χ1n) is 3.50. The maximum absolute atomic E-state index is 4.83. The van der Waals surface area contributed by atoms with Gasteiger partial charge in [0, 0.05) is 0 Å². The van der Waals surface area contributed by atoms with Gasteiger partial charge in [-0.3, -0.25) is 0 Å². The molecule has 0 fully saturated rings. The van der Waals surface area contributed by atoms with E-state index in [-0.39, 0.29) is 29.6 Å². The summed E-state index contributed by atoms with van der Waals surface area (Å²) in [5, 5.41) is 0. The third-order valence-electron chi connectivity index (χ3n) is 1.44. The van der Waals surface area contributed by atoms with Crippen LogP contribution in [0.15, 0.2) is 28.6 Å². The second-order valence-corrected chi connectivity index (χ2v) is 6.18. The van der Waals surface area contributed by atoms with Crippen LogP contribution < -0.4 is 29.6 Å². The molecule has 2 rings (SSSR count). The number of benzene rings is 1. The molecule has 0 bridgehead atoms. The first-order valence-corrected chi connectivity index (χ1v) is 5.95. The minimum Gasteiger partial charge on any atom is -0.421 e. The van der Waals surface area contributed by atoms with Crippen molar-refractivity contribution in [1.82, 2.24) is 4.98 Å². The summed E-state index contributed by atoms with van der Waals surface area (Å²) in [4.78, 5) is 4.38. The minimum absolute atomic E-state index is 0. The zero-order valence-electron chi connectivity index (χ0n) is 7.39. The molecule has 66 valence electrons. The number of aromatic nitrogens is 1. The largest absolute Gasteiger partial charge is 1.00 e. The Labute approximate surface area is 123 Å². The number of thioether (sulfide) groups is 1. The minimum atomic E-state index is 0. The molecule has 0 aliphatic heterocycles. The zero-order valence-corrected chi connectivity index (χ0v) is 12.7. The Morgan fingerprint density at radius 2 is 2.14 bits per heavy atom. The van der Waals surface area contributed by atoms with Crippen molar-refractivity contribution in [3.8, 4) is 0 Å². The Balaban J connectivity index is 0.000000980. The Bertz CT molecular complexity index is 420. The summed E-state index contributed by atoms with van der Waals surface area (Å²) in [5.41, 5.74) is 1.02. The van der Waals surface area contributed by atoms with E-state index >= 15 is 0 Å². The third kappa shape index (κ3) is 3.13. The summed E-state index contributed by atoms with van der Waals surface area (Å²) in [7, 11) is 0. The maximum Gasteiger partial charge on any atom is 1.00 e. The molecule has 0 atom stereocenters. The monoisotopic (exact) mass is 265 g/mol. The smallest absolute Gasteiger partial charge is 0.421 e. The van der Waals surface area contributed by atoms with Crippen molar-refractivity contribution in [2.45, 2.75) is 4.34 Å². The number of hydrogen-bond donors (Lipinski definition) is 0. The van der Waals surface area contributed by atoms with Crippen LogP contribution in [0.4, 0.5) is 0 Å². The molecule has 1 aromatic heterocycles. The van der Waals surface area contributed by atoms with E-state index in [0.29, 0.717) is 3.53 Å². The van der Waals surface area contributed by atoms with Gasteiger partial charge >= 0.3 is 29.6 Å². The predicted octanol–water partition coefficient (Wildman–Crippen LogP) is 0.224. The van der Waals surface area contributed by atoms with Crippen LogP contribution >= 0.6 is 35.3 Å². The summed E-state index contributed by atoms with van der Waals surface area (Å²) in [5.74, 6) is 0. The summed E-state index contributed by atoms with van der Waals surface area (Å²) < 4.78 is 2.61. The molecule has 0 saturated heterocycles. The maximum atomic E-state index is 4.83. The molecule has 1 aromatic carbocycles. The number of fused-ring (bicyclic) bond motifs is 1. The van der Waals surface area contributed by atoms with Gasteiger partial charge in [0.15, 0.2) is 4.34 Å². The molecule has 0 radical (unpaired) electrons. The molecular weight excluding hydrogens is 261 g/mol. The molecule has 0 N–H and O–H groups in total. The van der Waals surface area contributed by atoms with Gasteiger partial charge in [-0.2, -0.15) is 0 Å². The van der Waals surface area contributed by atoms with Gasteiger partial charge in [-0.15, -0.1) is 11.3 Å². The molecule has 1 nitrogen and oxygen atoms in total. The normalized spacial score (nSPS) is 9.71. The van der Waals surface area contributed by atoms with E-state index in [2.05, 4.69) is 4.98 Å². The van der Waals surface area contributed by atoms with Crippen LogP contribution in [0.25, 0.3) is 10.2 Å². The molecule has 14 heavy (non-hydrogen) atoms. The van der Waals surface area contributed by atoms with E-state index in [1.165, 1.54) is 16.5 Å². The average Bonchev–Trinajstić information content (AvgIpc) is 2.44. The van der Waals surface area contributed by atoms with Crippen LogP contribution in [0, 0.1) is 0 Å². The Morgan fingerprint density at radius 3 is 2.79 bits per heavy atom. The van der Waals surface area contributed by atoms with Crippen molar-refractivity contribution in [3.63, 3.8) is 0 Å². The summed E-state index contributed by atoms with van der Waals surface area (Å²) in [6, 6.07) is 8.01. The molecule has 0 spiro atoms. The van der Waals surface area contributed by atoms with Gasteiger partial charge in [0.1, 0.15) is 0 Å². The van der Waals surface area contributed by atoms with Gasteiger partial charge in [-0.25, -0.2) is 4.98 Å². The molecule has 0 unspecified atom stereocenters. The van der Waals surface area contributed by atoms with Crippen molar-refractivity contribution in [1.29, 1.82) is 0 Å². The fraction of sp³-hybridized carbons (Fsp3) is 0. The van der Waals surface area contributed by atoms with Crippen molar-refractivity contribution >= 4 is 61.7 Å². The zero-order chi connectivity index (χ0) is 9.26. The molecule has 0 aliphatic rings. The average molecular weight is 265 g/mol. The van der Waals surface area contributed by atoms with Crippen LogP contribution in [-0.4, -0.2) is 8.51 Å². The van der Waals surface area contributed by atoms with Gasteiger partial charge < -0.3 is 24.8 Å². The van der Waals surface area contributed by atoms with Crippen molar-refractivity contribution in [2.75, 3.05) is 0 Å². The van der Waals surface area contributed by atoms with Crippen LogP contribution in [0.3, 0.4) is 0 Å². The molecule has 0 saturated carbocycles. The molecule has 2 aromatic rings. The molecule has 0 amide bonds. The first kappa shape index (κ1) is 12.8. The van der Waals surface area contributed by atoms with E-state index in [0.717, 1.165) is 9.86 Å². The Kier molecular flexibility index (Phi) is 5.27. The number of thiocarbonyl (C=S) groups is 1. The molecule has 0 aliphatic carbocycles. The standard InChI is InChI=1S/C8H5NS4.Na/c10-8(11)13-7-9-5-3-1-2-4-6(5)12-7;/h1-4H,(H,10,11);/q;+1/p-1. The molecule has 1 heterocycles. The fourth-order valence-corrected chi connectivity index (χ4v) is 3.43. The van der Waals surface area contributed by atoms with E-state index in [1.807, 2.05) is 24.3 Å². The number of nitrogens with zero attached hydrogens (tertiary/aromatic N) is 1. The second-order valence-electron chi connectivity index (χ2n) is 2.30. The molecular formula is C8H4NNaS4. The SMILES string of the molecule is S=C([S-])Sc1nc2ccccc2s1.[Na+]. The summed E-state index contributed by atoms with van der Waals surface area (Å²) in [6.45, 7) is 0. The van der Waals surface area contributed by atoms with E-state index in [4.69, 9.17) is 24.8 Å². The topological polar surface area (TPSA) is 12.9 Å². The number of para-hydroxylation sites is 1. The first-order chi connectivity index (χ1) is 6.25. The van der Waals surface area contributed by atoms with Crippen LogP contribution in [-0.2, 0) is 12.6 Å². The number of hydrogen-bond acceptors (Lipinski definition) is 5. The Hall–Kier alpha value is 0.770. The predicted molar refractivity (Wildman–Crippen MR) is 65.4 cm³/mol. The quantitative estimate of drug-likeness (QED) is 0.316. The van der Waals surface area contributed by atoms with Crippen LogP contribution in [0.1, 0.15) is 0 Å². The van der Waals surface area contributed by atoms with E-state index in [1.54, 1.807) is 11.3 Å². The second kappa shape index (κ2) is 5.75. The van der Waals surface area contributed by atoms with Gasteiger partial charge in [-0.05, 0) is 12.1 Å². The molecule has 6 heteroatoms. The van der Waals surface area contributed by atoms with Gasteiger partial charge in [0.05, 0.1) is 10.2 Å². The van der Waals surface area contributed by atoms with Gasteiger partial charge in [0.25, 0.3) is 0 Å². The van der Waals surface area contributed by atoms with Crippen molar-refractivity contribution in [3.05, 3.63) is 24.3 Å². The number of rotatable bonds is 1. The number of thiazole rings is 1. The van der Waals surface area contributed by atoms with Crippen LogP contribution in [0.2, 0.25) is 0 Å². The van der Waals surface area contributed by atoms with E-state index in [9.17, 15) is 0 Å². The van der Waals surface area contributed by atoms with Crippen molar-refractivity contribution < 1.29 is 29.6 Å². The van der Waals surface area contributed by atoms with E-state index < -0.39 is 0 Å².